The molecule has 1 aliphatic rings. The van der Waals surface area contributed by atoms with Gasteiger partial charge in [-0.25, -0.2) is 0 Å². The Labute approximate surface area is 91.7 Å². The maximum Gasteiger partial charge on any atom is 0.312 e. The minimum absolute atomic E-state index is 0.0187. The van der Waals surface area contributed by atoms with Crippen LogP contribution < -0.4 is 5.73 Å². The summed E-state index contributed by atoms with van der Waals surface area (Å²) in [6.07, 6.45) is 5.30. The van der Waals surface area contributed by atoms with Gasteiger partial charge in [0.05, 0.1) is 12.5 Å². The number of esters is 1. The van der Waals surface area contributed by atoms with Gasteiger partial charge in [-0.15, -0.1) is 0 Å². The molecule has 15 heavy (non-hydrogen) atoms. The molecule has 3 heteroatoms. The van der Waals surface area contributed by atoms with E-state index in [0.717, 1.165) is 6.42 Å². The lowest BCUT2D eigenvalue weighted by molar-refractivity contribution is -0.147. The van der Waals surface area contributed by atoms with Crippen molar-refractivity contribution in [2.24, 2.45) is 17.1 Å². The van der Waals surface area contributed by atoms with E-state index in [0.29, 0.717) is 13.0 Å². The second-order valence-electron chi connectivity index (χ2n) is 5.37. The summed E-state index contributed by atoms with van der Waals surface area (Å²) >= 11 is 0. The SMILES string of the molecule is CC(C)(C)CCOC(=O)C1C=CC(N)C1. The van der Waals surface area contributed by atoms with Crippen LogP contribution in [0.3, 0.4) is 0 Å². The van der Waals surface area contributed by atoms with Crippen LogP contribution in [0.5, 0.6) is 0 Å². The fraction of sp³-hybridized carbons (Fsp3) is 0.750. The summed E-state index contributed by atoms with van der Waals surface area (Å²) < 4.78 is 5.20. The van der Waals surface area contributed by atoms with Crippen LogP contribution in [-0.2, 0) is 9.53 Å². The minimum atomic E-state index is -0.136. The summed E-state index contributed by atoms with van der Waals surface area (Å²) in [6.45, 7) is 6.90. The lowest BCUT2D eigenvalue weighted by Crippen LogP contribution is -2.22. The smallest absolute Gasteiger partial charge is 0.312 e. The second kappa shape index (κ2) is 4.79. The average Bonchev–Trinajstić information content (AvgIpc) is 2.49. The number of hydrogen-bond donors (Lipinski definition) is 1. The first-order chi connectivity index (χ1) is 6.88. The van der Waals surface area contributed by atoms with Crippen molar-refractivity contribution in [1.29, 1.82) is 0 Å². The van der Waals surface area contributed by atoms with Gasteiger partial charge < -0.3 is 10.5 Å². The van der Waals surface area contributed by atoms with Gasteiger partial charge in [-0.2, -0.15) is 0 Å². The fourth-order valence-corrected chi connectivity index (χ4v) is 1.47. The molecule has 0 amide bonds. The summed E-state index contributed by atoms with van der Waals surface area (Å²) in [5, 5.41) is 0. The van der Waals surface area contributed by atoms with Crippen molar-refractivity contribution in [2.75, 3.05) is 6.61 Å². The third-order valence-electron chi connectivity index (χ3n) is 2.52. The van der Waals surface area contributed by atoms with E-state index in [9.17, 15) is 4.79 Å². The molecule has 1 rings (SSSR count). The quantitative estimate of drug-likeness (QED) is 0.572. The largest absolute Gasteiger partial charge is 0.465 e. The third-order valence-corrected chi connectivity index (χ3v) is 2.52. The molecule has 0 saturated carbocycles. The number of hydrogen-bond acceptors (Lipinski definition) is 3. The maximum atomic E-state index is 11.5. The van der Waals surface area contributed by atoms with Crippen LogP contribution in [0.15, 0.2) is 12.2 Å². The molecule has 0 radical (unpaired) electrons. The Kier molecular flexibility index (Phi) is 3.91. The van der Waals surface area contributed by atoms with Crippen LogP contribution in [-0.4, -0.2) is 18.6 Å². The van der Waals surface area contributed by atoms with Gasteiger partial charge in [0.2, 0.25) is 0 Å². The zero-order chi connectivity index (χ0) is 11.5. The molecule has 0 bridgehead atoms. The van der Waals surface area contributed by atoms with Gasteiger partial charge in [0, 0.05) is 6.04 Å². The van der Waals surface area contributed by atoms with Gasteiger partial charge in [0.1, 0.15) is 0 Å². The van der Waals surface area contributed by atoms with Gasteiger partial charge >= 0.3 is 5.97 Å². The van der Waals surface area contributed by atoms with Crippen molar-refractivity contribution < 1.29 is 9.53 Å². The maximum absolute atomic E-state index is 11.5. The molecule has 0 saturated heterocycles. The molecule has 2 unspecified atom stereocenters. The molecule has 2 N–H and O–H groups in total. The van der Waals surface area contributed by atoms with Gasteiger partial charge in [-0.1, -0.05) is 32.9 Å². The molecule has 3 nitrogen and oxygen atoms in total. The summed E-state index contributed by atoms with van der Waals surface area (Å²) in [4.78, 5) is 11.5. The van der Waals surface area contributed by atoms with Crippen LogP contribution in [0.25, 0.3) is 0 Å². The molecule has 0 fully saturated rings. The van der Waals surface area contributed by atoms with Crippen molar-refractivity contribution in [3.8, 4) is 0 Å². The standard InChI is InChI=1S/C12H21NO2/c1-12(2,3)6-7-15-11(14)9-4-5-10(13)8-9/h4-5,9-10H,6-8,13H2,1-3H3. The highest BCUT2D eigenvalue weighted by Gasteiger charge is 2.24. The zero-order valence-electron chi connectivity index (χ0n) is 9.82. The molecule has 0 aromatic heterocycles. The molecule has 2 atom stereocenters. The summed E-state index contributed by atoms with van der Waals surface area (Å²) in [6, 6.07) is 0.0187. The van der Waals surface area contributed by atoms with E-state index in [2.05, 4.69) is 20.8 Å². The lowest BCUT2D eigenvalue weighted by atomic mass is 9.93. The monoisotopic (exact) mass is 211 g/mol. The Balaban J connectivity index is 2.23. The van der Waals surface area contributed by atoms with E-state index >= 15 is 0 Å². The highest BCUT2D eigenvalue weighted by Crippen LogP contribution is 2.20. The predicted molar refractivity (Wildman–Crippen MR) is 60.3 cm³/mol. The molecule has 0 heterocycles. The van der Waals surface area contributed by atoms with E-state index in [1.165, 1.54) is 0 Å². The number of rotatable bonds is 3. The van der Waals surface area contributed by atoms with E-state index in [-0.39, 0.29) is 23.3 Å². The molecule has 86 valence electrons. The minimum Gasteiger partial charge on any atom is -0.465 e. The Hall–Kier alpha value is -0.830. The van der Waals surface area contributed by atoms with Gasteiger partial charge in [0.15, 0.2) is 0 Å². The van der Waals surface area contributed by atoms with Gasteiger partial charge in [-0.05, 0) is 18.3 Å². The summed E-state index contributed by atoms with van der Waals surface area (Å²) in [5.74, 6) is -0.261. The van der Waals surface area contributed by atoms with Crippen molar-refractivity contribution in [3.05, 3.63) is 12.2 Å². The zero-order valence-corrected chi connectivity index (χ0v) is 9.82. The highest BCUT2D eigenvalue weighted by atomic mass is 16.5. The van der Waals surface area contributed by atoms with Crippen LogP contribution in [0, 0.1) is 11.3 Å². The summed E-state index contributed by atoms with van der Waals surface area (Å²) in [5.41, 5.74) is 5.88. The molecule has 0 aromatic rings. The van der Waals surface area contributed by atoms with Crippen molar-refractivity contribution in [2.45, 2.75) is 39.7 Å². The molecule has 0 aliphatic heterocycles. The lowest BCUT2D eigenvalue weighted by Gasteiger charge is -2.18. The van der Waals surface area contributed by atoms with E-state index in [1.807, 2.05) is 12.2 Å². The molecule has 0 spiro atoms. The summed E-state index contributed by atoms with van der Waals surface area (Å²) in [7, 11) is 0. The van der Waals surface area contributed by atoms with E-state index < -0.39 is 0 Å². The fourth-order valence-electron chi connectivity index (χ4n) is 1.47. The molecule has 1 aliphatic carbocycles. The normalized spacial score (nSPS) is 25.6. The van der Waals surface area contributed by atoms with Gasteiger partial charge in [-0.3, -0.25) is 4.79 Å². The van der Waals surface area contributed by atoms with Crippen LogP contribution in [0.4, 0.5) is 0 Å². The number of nitrogens with two attached hydrogens (primary N) is 1. The molecule has 0 aromatic carbocycles. The second-order valence-corrected chi connectivity index (χ2v) is 5.37. The van der Waals surface area contributed by atoms with Crippen LogP contribution in [0.1, 0.15) is 33.6 Å². The highest BCUT2D eigenvalue weighted by molar-refractivity contribution is 5.75. The van der Waals surface area contributed by atoms with Crippen molar-refractivity contribution in [3.63, 3.8) is 0 Å². The van der Waals surface area contributed by atoms with Crippen LogP contribution >= 0.6 is 0 Å². The Morgan fingerprint density at radius 3 is 2.60 bits per heavy atom. The van der Waals surface area contributed by atoms with Crippen molar-refractivity contribution in [1.82, 2.24) is 0 Å². The first-order valence-corrected chi connectivity index (χ1v) is 5.49. The average molecular weight is 211 g/mol. The molecular formula is C12H21NO2. The molecular weight excluding hydrogens is 190 g/mol. The van der Waals surface area contributed by atoms with Crippen LogP contribution in [0.2, 0.25) is 0 Å². The number of ether oxygens (including phenoxy) is 1. The topological polar surface area (TPSA) is 52.3 Å². The number of carbonyl (C=O) groups is 1. The van der Waals surface area contributed by atoms with E-state index in [1.54, 1.807) is 0 Å². The first kappa shape index (κ1) is 12.2. The third kappa shape index (κ3) is 4.47. The first-order valence-electron chi connectivity index (χ1n) is 5.49. The van der Waals surface area contributed by atoms with Gasteiger partial charge in [0.25, 0.3) is 0 Å². The van der Waals surface area contributed by atoms with E-state index in [4.69, 9.17) is 10.5 Å². The Morgan fingerprint density at radius 1 is 1.47 bits per heavy atom. The Morgan fingerprint density at radius 2 is 2.13 bits per heavy atom. The van der Waals surface area contributed by atoms with Crippen molar-refractivity contribution >= 4 is 5.97 Å². The number of carbonyl (C=O) groups excluding carboxylic acids is 1. The predicted octanol–water partition coefficient (Wildman–Crippen LogP) is 1.87. The Bertz CT molecular complexity index is 253.